The number of amides is 1. The first kappa shape index (κ1) is 19.7. The lowest BCUT2D eigenvalue weighted by atomic mass is 10.0. The molecule has 4 aromatic carbocycles. The van der Waals surface area contributed by atoms with Crippen LogP contribution in [0.15, 0.2) is 91.0 Å². The Morgan fingerprint density at radius 1 is 0.800 bits per heavy atom. The Hall–Kier alpha value is -3.59. The van der Waals surface area contributed by atoms with Crippen molar-refractivity contribution in [1.29, 1.82) is 0 Å². The number of benzene rings is 4. The quantitative estimate of drug-likeness (QED) is 0.401. The number of aryl methyl sites for hydroxylation is 1. The third kappa shape index (κ3) is 4.20. The van der Waals surface area contributed by atoms with Crippen LogP contribution < -0.4 is 4.74 Å². The first-order chi connectivity index (χ1) is 14.7. The lowest BCUT2D eigenvalue weighted by Crippen LogP contribution is -2.30. The number of nitrogens with zero attached hydrogens (tertiary/aromatic N) is 1. The van der Waals surface area contributed by atoms with E-state index < -0.39 is 0 Å². The average molecular weight is 396 g/mol. The van der Waals surface area contributed by atoms with Crippen LogP contribution in [0.25, 0.3) is 10.8 Å². The summed E-state index contributed by atoms with van der Waals surface area (Å²) < 4.78 is 5.27. The zero-order valence-corrected chi connectivity index (χ0v) is 17.3. The summed E-state index contributed by atoms with van der Waals surface area (Å²) in [7, 11) is 1.66. The zero-order chi connectivity index (χ0) is 20.9. The number of hydrogen-bond donors (Lipinski definition) is 0. The molecule has 0 radical (unpaired) electrons. The van der Waals surface area contributed by atoms with E-state index in [1.807, 2.05) is 72.5 Å². The number of rotatable bonds is 6. The largest absolute Gasteiger partial charge is 0.497 e. The monoisotopic (exact) mass is 395 g/mol. The highest BCUT2D eigenvalue weighted by Gasteiger charge is 2.19. The molecule has 4 aromatic rings. The number of carbonyl (C=O) groups excluding carboxylic acids is 1. The lowest BCUT2D eigenvalue weighted by molar-refractivity contribution is 0.0730. The molecule has 0 aliphatic heterocycles. The van der Waals surface area contributed by atoms with E-state index in [-0.39, 0.29) is 5.91 Å². The molecule has 4 rings (SSSR count). The Balaban J connectivity index is 1.70. The molecule has 0 spiro atoms. The Labute approximate surface area is 177 Å². The third-order valence-electron chi connectivity index (χ3n) is 5.44. The van der Waals surface area contributed by atoms with Crippen molar-refractivity contribution in [2.75, 3.05) is 7.11 Å². The second-order valence-electron chi connectivity index (χ2n) is 7.46. The molecule has 0 aliphatic rings. The fourth-order valence-corrected chi connectivity index (χ4v) is 3.77. The predicted octanol–water partition coefficient (Wildman–Crippen LogP) is 6.00. The van der Waals surface area contributed by atoms with Crippen LogP contribution in [0.1, 0.15) is 27.0 Å². The smallest absolute Gasteiger partial charge is 0.254 e. The van der Waals surface area contributed by atoms with Gasteiger partial charge in [-0.25, -0.2) is 0 Å². The van der Waals surface area contributed by atoms with Crippen LogP contribution in [0.4, 0.5) is 0 Å². The molecule has 0 aliphatic carbocycles. The Morgan fingerprint density at radius 3 is 2.27 bits per heavy atom. The summed E-state index contributed by atoms with van der Waals surface area (Å²) in [5.41, 5.74) is 3.94. The fraction of sp³-hybridized carbons (Fsp3) is 0.148. The van der Waals surface area contributed by atoms with E-state index in [1.165, 1.54) is 10.8 Å². The molecule has 3 nitrogen and oxygen atoms in total. The molecule has 0 atom stereocenters. The van der Waals surface area contributed by atoms with Gasteiger partial charge in [-0.2, -0.15) is 0 Å². The van der Waals surface area contributed by atoms with Gasteiger partial charge in [0.05, 0.1) is 7.11 Å². The summed E-state index contributed by atoms with van der Waals surface area (Å²) in [6, 6.07) is 30.2. The molecule has 0 saturated carbocycles. The number of hydrogen-bond acceptors (Lipinski definition) is 2. The number of ether oxygens (including phenoxy) is 1. The van der Waals surface area contributed by atoms with E-state index >= 15 is 0 Å². The number of methoxy groups -OCH3 is 1. The average Bonchev–Trinajstić information content (AvgIpc) is 2.79. The van der Waals surface area contributed by atoms with Crippen molar-refractivity contribution in [1.82, 2.24) is 4.90 Å². The summed E-state index contributed by atoms with van der Waals surface area (Å²) in [6.45, 7) is 3.05. The molecule has 0 fully saturated rings. The van der Waals surface area contributed by atoms with Gasteiger partial charge in [0.2, 0.25) is 0 Å². The van der Waals surface area contributed by atoms with Gasteiger partial charge in [0, 0.05) is 18.7 Å². The summed E-state index contributed by atoms with van der Waals surface area (Å²) >= 11 is 0. The molecule has 0 heterocycles. The maximum Gasteiger partial charge on any atom is 0.254 e. The van der Waals surface area contributed by atoms with Crippen molar-refractivity contribution in [3.05, 3.63) is 113 Å². The van der Waals surface area contributed by atoms with E-state index in [2.05, 4.69) is 30.3 Å². The van der Waals surface area contributed by atoms with Gasteiger partial charge in [-0.05, 0) is 52.6 Å². The highest BCUT2D eigenvalue weighted by Crippen LogP contribution is 2.23. The van der Waals surface area contributed by atoms with Crippen molar-refractivity contribution in [3.8, 4) is 5.75 Å². The molecule has 0 saturated heterocycles. The minimum atomic E-state index is 0.0388. The highest BCUT2D eigenvalue weighted by atomic mass is 16.5. The second-order valence-corrected chi connectivity index (χ2v) is 7.46. The Bertz CT molecular complexity index is 1160. The van der Waals surface area contributed by atoms with Crippen LogP contribution in [0.5, 0.6) is 5.75 Å². The molecule has 0 bridgehead atoms. The summed E-state index contributed by atoms with van der Waals surface area (Å²) in [5, 5.41) is 2.36. The Kier molecular flexibility index (Phi) is 5.80. The minimum Gasteiger partial charge on any atom is -0.497 e. The zero-order valence-electron chi connectivity index (χ0n) is 17.3. The molecule has 1 amide bonds. The van der Waals surface area contributed by atoms with E-state index in [9.17, 15) is 4.79 Å². The van der Waals surface area contributed by atoms with Gasteiger partial charge in [-0.1, -0.05) is 72.8 Å². The van der Waals surface area contributed by atoms with E-state index in [0.29, 0.717) is 13.1 Å². The van der Waals surface area contributed by atoms with E-state index in [4.69, 9.17) is 4.74 Å². The fourth-order valence-electron chi connectivity index (χ4n) is 3.77. The first-order valence-electron chi connectivity index (χ1n) is 10.1. The van der Waals surface area contributed by atoms with Gasteiger partial charge in [0.25, 0.3) is 5.91 Å². The molecular weight excluding hydrogens is 370 g/mol. The van der Waals surface area contributed by atoms with Gasteiger partial charge < -0.3 is 9.64 Å². The van der Waals surface area contributed by atoms with Crippen LogP contribution in [-0.2, 0) is 13.1 Å². The third-order valence-corrected chi connectivity index (χ3v) is 5.44. The number of carbonyl (C=O) groups is 1. The van der Waals surface area contributed by atoms with Crippen molar-refractivity contribution < 1.29 is 9.53 Å². The number of fused-ring (bicyclic) bond motifs is 1. The minimum absolute atomic E-state index is 0.0388. The first-order valence-corrected chi connectivity index (χ1v) is 10.1. The van der Waals surface area contributed by atoms with Crippen molar-refractivity contribution >= 4 is 16.7 Å². The summed E-state index contributed by atoms with van der Waals surface area (Å²) in [5.74, 6) is 0.849. The highest BCUT2D eigenvalue weighted by molar-refractivity contribution is 5.96. The van der Waals surface area contributed by atoms with Crippen molar-refractivity contribution in [2.45, 2.75) is 20.0 Å². The molecule has 150 valence electrons. The van der Waals surface area contributed by atoms with E-state index in [0.717, 1.165) is 28.0 Å². The normalized spacial score (nSPS) is 10.7. The van der Waals surface area contributed by atoms with Crippen LogP contribution >= 0.6 is 0 Å². The molecule has 0 unspecified atom stereocenters. The molecule has 30 heavy (non-hydrogen) atoms. The van der Waals surface area contributed by atoms with Gasteiger partial charge in [-0.15, -0.1) is 0 Å². The maximum atomic E-state index is 13.5. The second kappa shape index (κ2) is 8.83. The SMILES string of the molecule is COc1ccc(CN(Cc2cccc3ccccc23)C(=O)c2ccccc2C)cc1. The summed E-state index contributed by atoms with van der Waals surface area (Å²) in [4.78, 5) is 15.5. The van der Waals surface area contributed by atoms with Gasteiger partial charge >= 0.3 is 0 Å². The van der Waals surface area contributed by atoms with Crippen LogP contribution in [0, 0.1) is 6.92 Å². The van der Waals surface area contributed by atoms with Gasteiger partial charge in [-0.3, -0.25) is 4.79 Å². The van der Waals surface area contributed by atoms with Crippen LogP contribution in [-0.4, -0.2) is 17.9 Å². The maximum absolute atomic E-state index is 13.5. The van der Waals surface area contributed by atoms with Gasteiger partial charge in [0.15, 0.2) is 0 Å². The summed E-state index contributed by atoms with van der Waals surface area (Å²) in [6.07, 6.45) is 0. The van der Waals surface area contributed by atoms with Gasteiger partial charge in [0.1, 0.15) is 5.75 Å². The standard InChI is InChI=1S/C27H25NO2/c1-20-8-3-5-12-25(20)27(29)28(18-21-14-16-24(30-2)17-15-21)19-23-11-7-10-22-9-4-6-13-26(22)23/h3-17H,18-19H2,1-2H3. The van der Waals surface area contributed by atoms with Crippen molar-refractivity contribution in [3.63, 3.8) is 0 Å². The predicted molar refractivity (Wildman–Crippen MR) is 122 cm³/mol. The molecule has 0 aromatic heterocycles. The van der Waals surface area contributed by atoms with Crippen LogP contribution in [0.2, 0.25) is 0 Å². The molecular formula is C27H25NO2. The molecule has 3 heteroatoms. The van der Waals surface area contributed by atoms with Crippen molar-refractivity contribution in [2.24, 2.45) is 0 Å². The Morgan fingerprint density at radius 2 is 1.50 bits per heavy atom. The topological polar surface area (TPSA) is 29.5 Å². The van der Waals surface area contributed by atoms with Crippen LogP contribution in [0.3, 0.4) is 0 Å². The molecule has 0 N–H and O–H groups in total. The lowest BCUT2D eigenvalue weighted by Gasteiger charge is -2.25. The van der Waals surface area contributed by atoms with E-state index in [1.54, 1.807) is 7.11 Å².